The second-order valence-corrected chi connectivity index (χ2v) is 23.0. The summed E-state index contributed by atoms with van der Waals surface area (Å²) in [6, 6.07) is 12.1. The Morgan fingerprint density at radius 3 is 1.58 bits per heavy atom. The Kier molecular flexibility index (Phi) is 24.7. The minimum Gasteiger partial charge on any atom is -1.00 e. The van der Waals surface area contributed by atoms with Crippen LogP contribution in [-0.4, -0.2) is 153 Å². The van der Waals surface area contributed by atoms with E-state index in [1.165, 1.54) is 22.3 Å². The van der Waals surface area contributed by atoms with E-state index in [0.29, 0.717) is 63.5 Å². The van der Waals surface area contributed by atoms with Crippen molar-refractivity contribution in [2.45, 2.75) is 165 Å². The molecule has 9 atom stereocenters. The number of nitrogens with zero attached hydrogens (tertiary/aromatic N) is 2. The van der Waals surface area contributed by atoms with Crippen LogP contribution in [0.25, 0.3) is 0 Å². The van der Waals surface area contributed by atoms with Gasteiger partial charge < -0.3 is 102 Å². The van der Waals surface area contributed by atoms with Crippen molar-refractivity contribution in [3.05, 3.63) is 106 Å². The monoisotopic (exact) mass is 1320 g/mol. The third-order valence-electron chi connectivity index (χ3n) is 17.1. The predicted octanol–water partition coefficient (Wildman–Crippen LogP) is 3.47. The molecule has 3 aromatic carbocycles. The summed E-state index contributed by atoms with van der Waals surface area (Å²) in [5, 5.41) is 32.2. The van der Waals surface area contributed by atoms with E-state index in [4.69, 9.17) is 59.3 Å². The quantitative estimate of drug-likeness (QED) is 0.0633. The maximum absolute atomic E-state index is 12.4. The smallest absolute Gasteiger partial charge is 1.00 e. The molecule has 6 heterocycles. The van der Waals surface area contributed by atoms with Crippen molar-refractivity contribution in [2.75, 3.05) is 67.8 Å². The number of hydrogen-bond donors (Lipinski definition) is 4. The van der Waals surface area contributed by atoms with E-state index in [2.05, 4.69) is 52.4 Å². The zero-order valence-corrected chi connectivity index (χ0v) is 55.9. The van der Waals surface area contributed by atoms with Gasteiger partial charge in [0.15, 0.2) is 34.5 Å². The van der Waals surface area contributed by atoms with Gasteiger partial charge >= 0.3 is 47.2 Å². The Bertz CT molecular complexity index is 2910. The molecule has 85 heavy (non-hydrogen) atoms. The van der Waals surface area contributed by atoms with E-state index in [1.54, 1.807) is 60.8 Å². The molecule has 3 aliphatic carbocycles. The average molecular weight is 1320 g/mol. The van der Waals surface area contributed by atoms with E-state index in [0.717, 1.165) is 79.6 Å². The third-order valence-corrected chi connectivity index (χ3v) is 17.2. The molecule has 462 valence electrons. The molecule has 0 radical (unpaired) electrons. The van der Waals surface area contributed by atoms with Crippen LogP contribution in [0.5, 0.6) is 34.5 Å². The number of aliphatic hydroxyl groups is 3. The SMILES string of the molecule is CCC(C)(C)O.CCOC(=O)Cl.CCOC(=O)OC1C=C[C@@]23CCN(C(=O)OCC)Cc4ccc(OC)c(c42)OC3C1.COc1ccc2c3c1OC1CC(O)C=C[C@@]31CCNC2.COc1ccc2c3c1OC1CC(O)C=C[C@]31CCN(C)C2.[I-].[Na+]. The number of amides is 1. The van der Waals surface area contributed by atoms with Crippen molar-refractivity contribution in [1.29, 1.82) is 0 Å². The number of carbonyl (C=O) groups is 3. The minimum absolute atomic E-state index is 0. The van der Waals surface area contributed by atoms with Gasteiger partial charge in [-0.05, 0) is 121 Å². The van der Waals surface area contributed by atoms with Gasteiger partial charge in [-0.25, -0.2) is 14.4 Å². The summed E-state index contributed by atoms with van der Waals surface area (Å²) in [5.74, 6) is 4.71. The van der Waals surface area contributed by atoms with Gasteiger partial charge in [0.25, 0.3) is 0 Å². The zero-order chi connectivity index (χ0) is 59.9. The van der Waals surface area contributed by atoms with E-state index in [1.807, 2.05) is 49.4 Å². The molecule has 0 aromatic heterocycles. The average Bonchev–Trinajstić information content (AvgIpc) is 3.55. The molecule has 0 saturated heterocycles. The van der Waals surface area contributed by atoms with Crippen LogP contribution in [0.1, 0.15) is 120 Å². The molecule has 22 heteroatoms. The Labute approximate surface area is 544 Å². The fraction of sp³-hybridized carbons (Fsp3) is 0.571. The molecule has 6 unspecified atom stereocenters. The number of carbonyl (C=O) groups excluding carboxylic acids is 3. The molecule has 12 rings (SSSR count). The third kappa shape index (κ3) is 15.0. The Hall–Kier alpha value is -4.49. The van der Waals surface area contributed by atoms with Crippen LogP contribution >= 0.6 is 11.6 Å². The van der Waals surface area contributed by atoms with Crippen molar-refractivity contribution in [2.24, 2.45) is 0 Å². The zero-order valence-electron chi connectivity index (χ0n) is 51.0. The molecule has 4 N–H and O–H groups in total. The number of ether oxygens (including phenoxy) is 10. The van der Waals surface area contributed by atoms with Gasteiger partial charge in [-0.15, -0.1) is 0 Å². The number of halogens is 2. The first-order valence-electron chi connectivity index (χ1n) is 29.0. The number of rotatable bonds is 8. The van der Waals surface area contributed by atoms with Crippen molar-refractivity contribution < 1.29 is 131 Å². The molecule has 0 bridgehead atoms. The van der Waals surface area contributed by atoms with Crippen molar-refractivity contribution in [3.63, 3.8) is 0 Å². The first-order valence-corrected chi connectivity index (χ1v) is 29.4. The second kappa shape index (κ2) is 30.1. The van der Waals surface area contributed by atoms with Gasteiger partial charge in [-0.2, -0.15) is 0 Å². The molecule has 6 aliphatic heterocycles. The van der Waals surface area contributed by atoms with E-state index in [9.17, 15) is 24.6 Å². The fourth-order valence-corrected chi connectivity index (χ4v) is 12.8. The molecule has 0 saturated carbocycles. The van der Waals surface area contributed by atoms with Gasteiger partial charge in [0.2, 0.25) is 0 Å². The number of benzene rings is 3. The largest absolute Gasteiger partial charge is 1.00 e. The number of methoxy groups -OCH3 is 3. The van der Waals surface area contributed by atoms with Crippen LogP contribution in [0, 0.1) is 0 Å². The molecular formula is C63H84ClIN3NaO16. The Balaban J connectivity index is 0.000000187. The Morgan fingerprint density at radius 1 is 0.659 bits per heavy atom. The summed E-state index contributed by atoms with van der Waals surface area (Å²) in [5.41, 5.74) is 5.35. The number of nitrogens with one attached hydrogen (secondary N) is 1. The summed E-state index contributed by atoms with van der Waals surface area (Å²) in [4.78, 5) is 37.9. The van der Waals surface area contributed by atoms with Gasteiger partial charge in [0.1, 0.15) is 24.4 Å². The maximum Gasteiger partial charge on any atom is 1.00 e. The van der Waals surface area contributed by atoms with Gasteiger partial charge in [0, 0.05) is 73.7 Å². The molecule has 9 aliphatic rings. The predicted molar refractivity (Wildman–Crippen MR) is 311 cm³/mol. The number of aliphatic hydroxyl groups excluding tert-OH is 2. The number of hydrogen-bond acceptors (Lipinski definition) is 18. The fourth-order valence-electron chi connectivity index (χ4n) is 12.7. The van der Waals surface area contributed by atoms with Crippen LogP contribution in [0.3, 0.4) is 0 Å². The summed E-state index contributed by atoms with van der Waals surface area (Å²) in [6.07, 6.45) is 15.0. The minimum atomic E-state index is -0.738. The molecular weight excluding hydrogens is 1240 g/mol. The van der Waals surface area contributed by atoms with Gasteiger partial charge in [-0.1, -0.05) is 55.5 Å². The molecule has 1 amide bonds. The summed E-state index contributed by atoms with van der Waals surface area (Å²) < 4.78 is 55.1. The molecule has 0 fully saturated rings. The molecule has 19 nitrogen and oxygen atoms in total. The van der Waals surface area contributed by atoms with Crippen molar-refractivity contribution in [3.8, 4) is 34.5 Å². The first-order chi connectivity index (χ1) is 39.7. The van der Waals surface area contributed by atoms with Crippen molar-refractivity contribution >= 4 is 29.3 Å². The van der Waals surface area contributed by atoms with Gasteiger partial charge in [0.05, 0.1) is 75.2 Å². The van der Waals surface area contributed by atoms with Crippen LogP contribution in [0.4, 0.5) is 14.4 Å². The van der Waals surface area contributed by atoms with Crippen LogP contribution in [0.15, 0.2) is 72.9 Å². The van der Waals surface area contributed by atoms with Crippen LogP contribution in [-0.2, 0) is 54.8 Å². The molecule has 3 spiro atoms. The van der Waals surface area contributed by atoms with E-state index in [-0.39, 0.29) is 95.4 Å². The maximum atomic E-state index is 12.4. The van der Waals surface area contributed by atoms with E-state index >= 15 is 0 Å². The summed E-state index contributed by atoms with van der Waals surface area (Å²) >= 11 is 4.72. The van der Waals surface area contributed by atoms with Crippen molar-refractivity contribution in [1.82, 2.24) is 15.1 Å². The molecule has 3 aromatic rings. The summed E-state index contributed by atoms with van der Waals surface area (Å²) in [6.45, 7) is 16.5. The van der Waals surface area contributed by atoms with Crippen LogP contribution < -0.4 is 87.3 Å². The Morgan fingerprint density at radius 2 is 1.11 bits per heavy atom. The van der Waals surface area contributed by atoms with Gasteiger partial charge in [-0.3, -0.25) is 0 Å². The van der Waals surface area contributed by atoms with E-state index < -0.39 is 40.9 Å². The normalized spacial score (nSPS) is 26.9. The summed E-state index contributed by atoms with van der Waals surface area (Å²) in [7, 11) is 7.13. The van der Waals surface area contributed by atoms with Crippen LogP contribution in [0.2, 0.25) is 0 Å². The topological polar surface area (TPSA) is 223 Å². The standard InChI is InChI=1S/C22H27NO7.C17H21NO3.C16H19NO3.C5H12O.C3H5ClO2.HI.Na/c1-4-27-20(24)23-11-10-22-9-8-15(29-21(25)28-5-2)12-17(22)30-19-16(26-3)7-6-14(13-23)18(19)22;1-18-8-7-17-6-5-12(19)9-14(17)21-16-13(20-2)4-3-11(10-18)15(16)17;1-19-12-3-2-10-9-17-7-6-16-5-4-11(18)8-13(16)20-15(12)14(10)16;1-4-5(2,3)6;1-2-6-3(4)5;;/h6-9,15,17H,4-5,10-13H2,1-3H3;3-6,12,14,19H,7-10H2,1-2H3;2-5,11,13,17-18H,6-9H2,1H3;6H,4H2,1-3H3;2H2,1H3;1H;/q;;;;;;+1/p-1/t15?,17?,22-;12?,14?,17-;11?,13?,16-;;;;/m010..../s1. The first kappa shape index (κ1) is 69.6. The second-order valence-electron chi connectivity index (χ2n) is 22.7.